The molecule has 0 saturated heterocycles. The number of halogens is 1. The molecule has 0 atom stereocenters. The van der Waals surface area contributed by atoms with E-state index in [0.717, 1.165) is 4.47 Å². The van der Waals surface area contributed by atoms with Crippen molar-refractivity contribution in [1.29, 1.82) is 5.26 Å². The Morgan fingerprint density at radius 3 is 2.71 bits per heavy atom. The van der Waals surface area contributed by atoms with Crippen LogP contribution < -0.4 is 5.43 Å². The smallest absolute Gasteiger partial charge is 0.369 e. The van der Waals surface area contributed by atoms with E-state index in [1.165, 1.54) is 0 Å². The lowest BCUT2D eigenvalue weighted by atomic mass is 10.3. The summed E-state index contributed by atoms with van der Waals surface area (Å²) >= 11 is 3.29. The van der Waals surface area contributed by atoms with Gasteiger partial charge in [0.15, 0.2) is 0 Å². The van der Waals surface area contributed by atoms with Crippen molar-refractivity contribution < 1.29 is 9.53 Å². The molecule has 88 valence electrons. The summed E-state index contributed by atoms with van der Waals surface area (Å²) in [5.74, 6) is -0.736. The zero-order valence-corrected chi connectivity index (χ0v) is 10.7. The number of nitrogens with one attached hydrogen (secondary N) is 1. The van der Waals surface area contributed by atoms with E-state index in [2.05, 4.69) is 31.2 Å². The largest absolute Gasteiger partial charge is 0.461 e. The normalized spacial score (nSPS) is 10.5. The van der Waals surface area contributed by atoms with E-state index in [4.69, 9.17) is 5.26 Å². The van der Waals surface area contributed by atoms with E-state index in [0.29, 0.717) is 5.69 Å². The van der Waals surface area contributed by atoms with Crippen LogP contribution in [0.5, 0.6) is 0 Å². The molecule has 1 N–H and O–H groups in total. The number of carbonyl (C=O) groups is 1. The summed E-state index contributed by atoms with van der Waals surface area (Å²) in [4.78, 5) is 11.2. The third kappa shape index (κ3) is 4.25. The monoisotopic (exact) mass is 295 g/mol. The van der Waals surface area contributed by atoms with Crippen LogP contribution in [0.2, 0.25) is 0 Å². The first-order valence-corrected chi connectivity index (χ1v) is 5.63. The maximum Gasteiger partial charge on any atom is 0.369 e. The van der Waals surface area contributed by atoms with Crippen LogP contribution in [0.3, 0.4) is 0 Å². The number of rotatable bonds is 4. The number of esters is 1. The zero-order valence-electron chi connectivity index (χ0n) is 9.11. The lowest BCUT2D eigenvalue weighted by Gasteiger charge is -2.01. The molecule has 6 heteroatoms. The molecule has 0 saturated carbocycles. The van der Waals surface area contributed by atoms with Crippen molar-refractivity contribution in [1.82, 2.24) is 0 Å². The van der Waals surface area contributed by atoms with E-state index >= 15 is 0 Å². The molecule has 0 radical (unpaired) electrons. The summed E-state index contributed by atoms with van der Waals surface area (Å²) in [5.41, 5.74) is 2.97. The number of hydrogen-bond acceptors (Lipinski definition) is 5. The fourth-order valence-electron chi connectivity index (χ4n) is 0.961. The predicted octanol–water partition coefficient (Wildman–Crippen LogP) is 2.30. The molecular formula is C11H10BrN3O2. The molecular weight excluding hydrogens is 286 g/mol. The second kappa shape index (κ2) is 6.66. The van der Waals surface area contributed by atoms with Gasteiger partial charge in [0.2, 0.25) is 5.71 Å². The molecule has 0 spiro atoms. The van der Waals surface area contributed by atoms with Crippen molar-refractivity contribution in [3.63, 3.8) is 0 Å². The number of benzene rings is 1. The topological polar surface area (TPSA) is 74.5 Å². The quantitative estimate of drug-likeness (QED) is 0.525. The highest BCUT2D eigenvalue weighted by Gasteiger charge is 2.11. The van der Waals surface area contributed by atoms with Gasteiger partial charge < -0.3 is 4.74 Å². The molecule has 1 aromatic carbocycles. The van der Waals surface area contributed by atoms with E-state index in [1.807, 2.05) is 12.1 Å². The Morgan fingerprint density at radius 1 is 1.53 bits per heavy atom. The second-order valence-electron chi connectivity index (χ2n) is 2.91. The minimum atomic E-state index is -0.736. The van der Waals surface area contributed by atoms with Gasteiger partial charge in [0.1, 0.15) is 6.07 Å². The molecule has 5 nitrogen and oxygen atoms in total. The van der Waals surface area contributed by atoms with Gasteiger partial charge in [-0.25, -0.2) is 4.79 Å². The number of ether oxygens (including phenoxy) is 1. The molecule has 0 aliphatic rings. The van der Waals surface area contributed by atoms with E-state index in [9.17, 15) is 4.79 Å². The van der Waals surface area contributed by atoms with Crippen LogP contribution in [-0.2, 0) is 9.53 Å². The predicted molar refractivity (Wildman–Crippen MR) is 67.4 cm³/mol. The Kier molecular flexibility index (Phi) is 5.17. The highest BCUT2D eigenvalue weighted by molar-refractivity contribution is 9.10. The van der Waals surface area contributed by atoms with Crippen LogP contribution in [0.15, 0.2) is 33.8 Å². The summed E-state index contributed by atoms with van der Waals surface area (Å²) in [5, 5.41) is 12.4. The van der Waals surface area contributed by atoms with Crippen LogP contribution in [0.4, 0.5) is 5.69 Å². The number of hydrogen-bond donors (Lipinski definition) is 1. The fraction of sp³-hybridized carbons (Fsp3) is 0.182. The van der Waals surface area contributed by atoms with Crippen LogP contribution in [0, 0.1) is 11.3 Å². The van der Waals surface area contributed by atoms with Crippen LogP contribution in [-0.4, -0.2) is 18.3 Å². The molecule has 17 heavy (non-hydrogen) atoms. The van der Waals surface area contributed by atoms with Crippen molar-refractivity contribution >= 4 is 33.3 Å². The summed E-state index contributed by atoms with van der Waals surface area (Å²) in [7, 11) is 0. The Labute approximate surface area is 107 Å². The summed E-state index contributed by atoms with van der Waals surface area (Å²) < 4.78 is 5.59. The van der Waals surface area contributed by atoms with Gasteiger partial charge in [0.25, 0.3) is 0 Å². The first kappa shape index (κ1) is 13.2. The fourth-order valence-corrected chi connectivity index (χ4v) is 1.22. The Hall–Kier alpha value is -1.87. The van der Waals surface area contributed by atoms with Gasteiger partial charge in [-0.1, -0.05) is 15.9 Å². The molecule has 1 aromatic rings. The van der Waals surface area contributed by atoms with Crippen molar-refractivity contribution in [3.05, 3.63) is 28.7 Å². The third-order valence-electron chi connectivity index (χ3n) is 1.72. The number of nitriles is 1. The van der Waals surface area contributed by atoms with E-state index in [-0.39, 0.29) is 12.3 Å². The molecule has 0 unspecified atom stereocenters. The number of carbonyl (C=O) groups excluding carboxylic acids is 1. The molecule has 0 heterocycles. The molecule has 1 rings (SSSR count). The molecule has 0 aliphatic carbocycles. The van der Waals surface area contributed by atoms with Gasteiger partial charge >= 0.3 is 5.97 Å². The minimum absolute atomic E-state index is 0.206. The minimum Gasteiger partial charge on any atom is -0.461 e. The molecule has 0 fully saturated rings. The lowest BCUT2D eigenvalue weighted by Crippen LogP contribution is -2.17. The first-order valence-electron chi connectivity index (χ1n) is 4.84. The maximum absolute atomic E-state index is 11.2. The number of hydrazone groups is 1. The average Bonchev–Trinajstić information content (AvgIpc) is 2.32. The Balaban J connectivity index is 2.71. The highest BCUT2D eigenvalue weighted by atomic mass is 79.9. The van der Waals surface area contributed by atoms with Crippen LogP contribution in [0.1, 0.15) is 6.92 Å². The molecule has 0 aliphatic heterocycles. The van der Waals surface area contributed by atoms with Gasteiger partial charge in [-0.2, -0.15) is 10.4 Å². The van der Waals surface area contributed by atoms with Crippen molar-refractivity contribution in [2.75, 3.05) is 12.0 Å². The highest BCUT2D eigenvalue weighted by Crippen LogP contribution is 2.13. The average molecular weight is 296 g/mol. The van der Waals surface area contributed by atoms with E-state index < -0.39 is 5.97 Å². The lowest BCUT2D eigenvalue weighted by molar-refractivity contribution is -0.134. The number of anilines is 1. The van der Waals surface area contributed by atoms with Gasteiger partial charge in [-0.15, -0.1) is 0 Å². The van der Waals surface area contributed by atoms with Gasteiger partial charge in [-0.3, -0.25) is 5.43 Å². The van der Waals surface area contributed by atoms with Crippen LogP contribution >= 0.6 is 15.9 Å². The standard InChI is InChI=1S/C11H10BrN3O2/c1-2-17-11(16)10(7-13)15-14-9-5-3-8(12)4-6-9/h3-6,14H,2H2,1H3. The third-order valence-corrected chi connectivity index (χ3v) is 2.24. The van der Waals surface area contributed by atoms with E-state index in [1.54, 1.807) is 25.1 Å². The van der Waals surface area contributed by atoms with Crippen LogP contribution in [0.25, 0.3) is 0 Å². The molecule has 0 amide bonds. The second-order valence-corrected chi connectivity index (χ2v) is 3.83. The first-order chi connectivity index (χ1) is 8.17. The Morgan fingerprint density at radius 2 is 2.18 bits per heavy atom. The Bertz CT molecular complexity index is 463. The summed E-state index contributed by atoms with van der Waals surface area (Å²) in [6.45, 7) is 1.87. The number of nitrogens with zero attached hydrogens (tertiary/aromatic N) is 2. The SMILES string of the molecule is CCOC(=O)C(C#N)=NNc1ccc(Br)cc1. The van der Waals surface area contributed by atoms with Crippen molar-refractivity contribution in [3.8, 4) is 6.07 Å². The summed E-state index contributed by atoms with van der Waals surface area (Å²) in [6, 6.07) is 8.81. The van der Waals surface area contributed by atoms with Crippen molar-refractivity contribution in [2.24, 2.45) is 5.10 Å². The van der Waals surface area contributed by atoms with Gasteiger partial charge in [0.05, 0.1) is 12.3 Å². The molecule has 0 bridgehead atoms. The van der Waals surface area contributed by atoms with Gasteiger partial charge in [0, 0.05) is 4.47 Å². The molecule has 0 aromatic heterocycles. The van der Waals surface area contributed by atoms with Crippen molar-refractivity contribution in [2.45, 2.75) is 6.92 Å². The maximum atomic E-state index is 11.2. The van der Waals surface area contributed by atoms with Gasteiger partial charge in [-0.05, 0) is 31.2 Å². The zero-order chi connectivity index (χ0) is 12.7. The summed E-state index contributed by atoms with van der Waals surface area (Å²) in [6.07, 6.45) is 0.